The number of carbonyl (C=O) groups excluding carboxylic acids is 2. The number of carbonyl (C=O) groups is 2. The maximum atomic E-state index is 13.9. The average Bonchev–Trinajstić information content (AvgIpc) is 2.87. The molecule has 0 heterocycles. The van der Waals surface area contributed by atoms with Crippen LogP contribution in [-0.4, -0.2) is 50.0 Å². The molecule has 0 spiro atoms. The first kappa shape index (κ1) is 31.9. The normalized spacial score (nSPS) is 12.2. The van der Waals surface area contributed by atoms with Gasteiger partial charge in [0.1, 0.15) is 6.04 Å². The monoisotopic (exact) mass is 577 g/mol. The van der Waals surface area contributed by atoms with Crippen molar-refractivity contribution < 1.29 is 18.0 Å². The van der Waals surface area contributed by atoms with Crippen LogP contribution in [0.2, 0.25) is 0 Å². The first-order chi connectivity index (χ1) is 19.3. The Morgan fingerprint density at radius 2 is 1.46 bits per heavy atom. The highest BCUT2D eigenvalue weighted by Gasteiger charge is 2.31. The molecular weight excluding hydrogens is 534 g/mol. The number of nitrogens with zero attached hydrogens (tertiary/aromatic N) is 2. The third kappa shape index (κ3) is 9.74. The average molecular weight is 578 g/mol. The molecule has 0 saturated carbocycles. The molecule has 0 aliphatic carbocycles. The molecule has 3 aromatic rings. The van der Waals surface area contributed by atoms with Crippen molar-refractivity contribution >= 4 is 27.5 Å². The number of hydrogen-bond acceptors (Lipinski definition) is 4. The van der Waals surface area contributed by atoms with E-state index in [0.29, 0.717) is 18.5 Å². The molecule has 0 saturated heterocycles. The second-order valence-electron chi connectivity index (χ2n) is 11.2. The Morgan fingerprint density at radius 1 is 0.829 bits per heavy atom. The second kappa shape index (κ2) is 14.3. The molecule has 1 atom stereocenters. The fourth-order valence-electron chi connectivity index (χ4n) is 5.04. The van der Waals surface area contributed by atoms with Gasteiger partial charge in [0, 0.05) is 32.0 Å². The van der Waals surface area contributed by atoms with Crippen molar-refractivity contribution in [2.45, 2.75) is 72.5 Å². The van der Waals surface area contributed by atoms with Gasteiger partial charge in [-0.1, -0.05) is 66.2 Å². The number of aryl methyl sites for hydroxylation is 3. The highest BCUT2D eigenvalue weighted by molar-refractivity contribution is 7.92. The summed E-state index contributed by atoms with van der Waals surface area (Å²) in [6.07, 6.45) is 1.97. The molecule has 1 unspecified atom stereocenters. The molecule has 0 aliphatic rings. The zero-order valence-electron chi connectivity index (χ0n) is 25.1. The van der Waals surface area contributed by atoms with E-state index in [1.807, 2.05) is 107 Å². The number of anilines is 1. The molecular formula is C33H43N3O4S. The van der Waals surface area contributed by atoms with Crippen molar-refractivity contribution in [3.05, 3.63) is 101 Å². The van der Waals surface area contributed by atoms with Gasteiger partial charge < -0.3 is 10.2 Å². The van der Waals surface area contributed by atoms with E-state index in [0.717, 1.165) is 27.8 Å². The van der Waals surface area contributed by atoms with E-state index >= 15 is 0 Å². The maximum Gasteiger partial charge on any atom is 0.243 e. The Kier molecular flexibility index (Phi) is 11.1. The summed E-state index contributed by atoms with van der Waals surface area (Å²) in [7, 11) is -3.56. The smallest absolute Gasteiger partial charge is 0.243 e. The van der Waals surface area contributed by atoms with E-state index in [-0.39, 0.29) is 37.4 Å². The fourth-order valence-corrected chi connectivity index (χ4v) is 5.99. The van der Waals surface area contributed by atoms with Crippen LogP contribution in [0.1, 0.15) is 54.5 Å². The van der Waals surface area contributed by atoms with Gasteiger partial charge in [-0.3, -0.25) is 13.9 Å². The minimum Gasteiger partial charge on any atom is -0.352 e. The SMILES string of the molecule is Cc1cccc(CN(C(=O)CCCN(c2cc(C)cc(C)c2)S(C)(=O)=O)C(Cc2ccccc2)C(=O)NC(C)C)c1. The maximum absolute atomic E-state index is 13.9. The van der Waals surface area contributed by atoms with E-state index in [1.54, 1.807) is 4.90 Å². The number of nitrogens with one attached hydrogen (secondary N) is 1. The fraction of sp³-hybridized carbons (Fsp3) is 0.394. The Labute approximate surface area is 245 Å². The molecule has 2 amide bonds. The summed E-state index contributed by atoms with van der Waals surface area (Å²) in [5.41, 5.74) is 5.48. The highest BCUT2D eigenvalue weighted by atomic mass is 32.2. The number of sulfonamides is 1. The summed E-state index contributed by atoms with van der Waals surface area (Å²) >= 11 is 0. The lowest BCUT2D eigenvalue weighted by atomic mass is 10.0. The van der Waals surface area contributed by atoms with Gasteiger partial charge in [0.05, 0.1) is 11.9 Å². The summed E-state index contributed by atoms with van der Waals surface area (Å²) < 4.78 is 26.8. The van der Waals surface area contributed by atoms with Crippen LogP contribution in [0.5, 0.6) is 0 Å². The second-order valence-corrected chi connectivity index (χ2v) is 13.1. The summed E-state index contributed by atoms with van der Waals surface area (Å²) in [6.45, 7) is 10.1. The molecule has 3 aromatic carbocycles. The first-order valence-corrected chi connectivity index (χ1v) is 15.9. The summed E-state index contributed by atoms with van der Waals surface area (Å²) in [5, 5.41) is 3.00. The molecule has 41 heavy (non-hydrogen) atoms. The van der Waals surface area contributed by atoms with Crippen molar-refractivity contribution in [2.24, 2.45) is 0 Å². The molecule has 7 nitrogen and oxygen atoms in total. The Balaban J connectivity index is 1.89. The molecule has 8 heteroatoms. The quantitative estimate of drug-likeness (QED) is 0.298. The third-order valence-electron chi connectivity index (χ3n) is 6.78. The van der Waals surface area contributed by atoms with Crippen LogP contribution in [-0.2, 0) is 32.6 Å². The van der Waals surface area contributed by atoms with Gasteiger partial charge >= 0.3 is 0 Å². The van der Waals surface area contributed by atoms with Gasteiger partial charge in [-0.15, -0.1) is 0 Å². The van der Waals surface area contributed by atoms with Crippen LogP contribution in [0.4, 0.5) is 5.69 Å². The van der Waals surface area contributed by atoms with Crippen LogP contribution in [0.25, 0.3) is 0 Å². The van der Waals surface area contributed by atoms with Crippen LogP contribution in [0.15, 0.2) is 72.8 Å². The first-order valence-electron chi connectivity index (χ1n) is 14.1. The largest absolute Gasteiger partial charge is 0.352 e. The van der Waals surface area contributed by atoms with E-state index in [2.05, 4.69) is 5.32 Å². The van der Waals surface area contributed by atoms with Gasteiger partial charge in [0.2, 0.25) is 21.8 Å². The Morgan fingerprint density at radius 3 is 2.05 bits per heavy atom. The molecule has 0 radical (unpaired) electrons. The van der Waals surface area contributed by atoms with Crippen molar-refractivity contribution in [3.8, 4) is 0 Å². The van der Waals surface area contributed by atoms with Crippen LogP contribution >= 0.6 is 0 Å². The van der Waals surface area contributed by atoms with Crippen molar-refractivity contribution in [2.75, 3.05) is 17.1 Å². The van der Waals surface area contributed by atoms with Gasteiger partial charge in [0.25, 0.3) is 0 Å². The van der Waals surface area contributed by atoms with E-state index < -0.39 is 16.1 Å². The molecule has 0 aromatic heterocycles. The number of amides is 2. The van der Waals surface area contributed by atoms with Gasteiger partial charge in [-0.2, -0.15) is 0 Å². The number of benzene rings is 3. The van der Waals surface area contributed by atoms with Gasteiger partial charge in [-0.25, -0.2) is 8.42 Å². The van der Waals surface area contributed by atoms with E-state index in [9.17, 15) is 18.0 Å². The standard InChI is InChI=1S/C33H43N3O4S/c1-24(2)34-33(38)31(22-28-13-8-7-9-14-28)35(23-29-15-10-12-25(3)19-29)32(37)16-11-17-36(41(6,39)40)30-20-26(4)18-27(5)21-30/h7-10,12-15,18-21,24,31H,11,16-17,22-23H2,1-6H3,(H,34,38). The Bertz CT molecular complexity index is 1420. The molecule has 3 rings (SSSR count). The van der Waals surface area contributed by atoms with Crippen LogP contribution in [0, 0.1) is 20.8 Å². The minimum atomic E-state index is -3.56. The predicted molar refractivity (Wildman–Crippen MR) is 166 cm³/mol. The van der Waals surface area contributed by atoms with Crippen molar-refractivity contribution in [3.63, 3.8) is 0 Å². The number of hydrogen-bond donors (Lipinski definition) is 1. The zero-order chi connectivity index (χ0) is 30.2. The van der Waals surface area contributed by atoms with Gasteiger partial charge in [-0.05, 0) is 75.4 Å². The predicted octanol–water partition coefficient (Wildman–Crippen LogP) is 5.32. The van der Waals surface area contributed by atoms with Crippen molar-refractivity contribution in [1.29, 1.82) is 0 Å². The highest BCUT2D eigenvalue weighted by Crippen LogP contribution is 2.23. The summed E-state index contributed by atoms with van der Waals surface area (Å²) in [6, 6.07) is 22.5. The van der Waals surface area contributed by atoms with Gasteiger partial charge in [0.15, 0.2) is 0 Å². The molecule has 220 valence electrons. The molecule has 0 aliphatic heterocycles. The lowest BCUT2D eigenvalue weighted by Crippen LogP contribution is -2.51. The zero-order valence-corrected chi connectivity index (χ0v) is 25.9. The molecule has 0 bridgehead atoms. The topological polar surface area (TPSA) is 86.8 Å². The molecule has 1 N–H and O–H groups in total. The Hall–Kier alpha value is -3.65. The third-order valence-corrected chi connectivity index (χ3v) is 7.98. The minimum absolute atomic E-state index is 0.0854. The van der Waals surface area contributed by atoms with Crippen LogP contribution in [0.3, 0.4) is 0 Å². The van der Waals surface area contributed by atoms with Crippen LogP contribution < -0.4 is 9.62 Å². The van der Waals surface area contributed by atoms with E-state index in [1.165, 1.54) is 10.6 Å². The lowest BCUT2D eigenvalue weighted by molar-refractivity contribution is -0.141. The summed E-state index contributed by atoms with van der Waals surface area (Å²) in [5.74, 6) is -0.405. The van der Waals surface area contributed by atoms with Crippen molar-refractivity contribution in [1.82, 2.24) is 10.2 Å². The summed E-state index contributed by atoms with van der Waals surface area (Å²) in [4.78, 5) is 29.1. The lowest BCUT2D eigenvalue weighted by Gasteiger charge is -2.32. The number of rotatable bonds is 13. The molecule has 0 fully saturated rings. The van der Waals surface area contributed by atoms with E-state index in [4.69, 9.17) is 0 Å².